The van der Waals surface area contributed by atoms with Gasteiger partial charge in [0.2, 0.25) is 0 Å². The molecule has 3 rings (SSSR count). The van der Waals surface area contributed by atoms with Crippen LogP contribution >= 0.6 is 0 Å². The fraction of sp³-hybridized carbons (Fsp3) is 0.222. The molecule has 2 aromatic rings. The van der Waals surface area contributed by atoms with E-state index in [0.717, 1.165) is 5.22 Å². The van der Waals surface area contributed by atoms with Crippen LogP contribution in [0.5, 0.6) is 0 Å². The molecule has 0 radical (unpaired) electrons. The van der Waals surface area contributed by atoms with Gasteiger partial charge in [0.1, 0.15) is 6.67 Å². The van der Waals surface area contributed by atoms with Gasteiger partial charge >= 0.3 is 0 Å². The van der Waals surface area contributed by atoms with Crippen LogP contribution in [0, 0.1) is 12.3 Å². The van der Waals surface area contributed by atoms with E-state index >= 15 is 0 Å². The van der Waals surface area contributed by atoms with E-state index in [1.807, 2.05) is 31.2 Å². The van der Waals surface area contributed by atoms with Gasteiger partial charge in [-0.15, -0.1) is 0 Å². The third-order valence-corrected chi connectivity index (χ3v) is 3.90. The summed E-state index contributed by atoms with van der Waals surface area (Å²) in [6.45, 7) is 3.69. The van der Waals surface area contributed by atoms with E-state index < -0.39 is 5.41 Å². The first kappa shape index (κ1) is 12.2. The van der Waals surface area contributed by atoms with Crippen molar-refractivity contribution in [2.45, 2.75) is 13.8 Å². The molecule has 0 fully saturated rings. The summed E-state index contributed by atoms with van der Waals surface area (Å²) < 4.78 is 13.3. The van der Waals surface area contributed by atoms with Crippen molar-refractivity contribution < 1.29 is 4.39 Å². The van der Waals surface area contributed by atoms with Crippen LogP contribution in [0.2, 0.25) is 0 Å². The van der Waals surface area contributed by atoms with Gasteiger partial charge < -0.3 is 0 Å². The van der Waals surface area contributed by atoms with Crippen molar-refractivity contribution in [3.05, 3.63) is 58.5 Å². The summed E-state index contributed by atoms with van der Waals surface area (Å²) in [6.07, 6.45) is 8.05. The fourth-order valence-corrected chi connectivity index (χ4v) is 2.76. The molecule has 1 atom stereocenters. The highest BCUT2D eigenvalue weighted by Crippen LogP contribution is 2.22. The Bertz CT molecular complexity index is 783. The minimum Gasteiger partial charge on any atom is -0.250 e. The number of hydrogen-bond acceptors (Lipinski definition) is 0. The zero-order valence-corrected chi connectivity index (χ0v) is 11.3. The molecule has 1 aliphatic rings. The zero-order valence-electron chi connectivity index (χ0n) is 11.3. The van der Waals surface area contributed by atoms with Crippen molar-refractivity contribution in [2.24, 2.45) is 5.41 Å². The van der Waals surface area contributed by atoms with Crippen molar-refractivity contribution in [2.75, 3.05) is 6.67 Å². The molecular weight excluding hydrogens is 235 g/mol. The highest BCUT2D eigenvalue weighted by Gasteiger charge is 2.18. The van der Waals surface area contributed by atoms with Gasteiger partial charge in [-0.25, -0.2) is 4.39 Å². The van der Waals surface area contributed by atoms with Gasteiger partial charge in [-0.1, -0.05) is 55.5 Å². The molecule has 0 saturated heterocycles. The first-order valence-electron chi connectivity index (χ1n) is 6.60. The van der Waals surface area contributed by atoms with Crippen molar-refractivity contribution in [3.63, 3.8) is 0 Å². The van der Waals surface area contributed by atoms with Gasteiger partial charge in [0.05, 0.1) is 0 Å². The Morgan fingerprint density at radius 3 is 2.79 bits per heavy atom. The molecule has 0 amide bonds. The van der Waals surface area contributed by atoms with Crippen molar-refractivity contribution in [3.8, 4) is 0 Å². The van der Waals surface area contributed by atoms with Crippen LogP contribution in [0.1, 0.15) is 12.5 Å². The van der Waals surface area contributed by atoms with Crippen LogP contribution in [0.3, 0.4) is 0 Å². The number of fused-ring (bicyclic) bond motifs is 2. The third-order valence-electron chi connectivity index (χ3n) is 3.90. The second-order valence-corrected chi connectivity index (χ2v) is 5.54. The van der Waals surface area contributed by atoms with Crippen LogP contribution in [-0.4, -0.2) is 6.67 Å². The van der Waals surface area contributed by atoms with Crippen LogP contribution in [-0.2, 0) is 0 Å². The molecule has 0 saturated carbocycles. The Morgan fingerprint density at radius 2 is 2.00 bits per heavy atom. The highest BCUT2D eigenvalue weighted by atomic mass is 19.1. The number of aryl methyl sites for hydroxylation is 1. The van der Waals surface area contributed by atoms with E-state index in [1.165, 1.54) is 21.6 Å². The van der Waals surface area contributed by atoms with Gasteiger partial charge in [-0.05, 0) is 39.8 Å². The molecule has 96 valence electrons. The molecule has 2 aromatic carbocycles. The molecule has 0 bridgehead atoms. The number of halogens is 1. The molecular formula is C18H17F. The van der Waals surface area contributed by atoms with Gasteiger partial charge in [-0.2, -0.15) is 0 Å². The number of benzene rings is 2. The molecule has 1 heteroatoms. The quantitative estimate of drug-likeness (QED) is 0.731. The molecule has 19 heavy (non-hydrogen) atoms. The summed E-state index contributed by atoms with van der Waals surface area (Å²) in [5.74, 6) is 0. The Hall–Kier alpha value is -1.89. The largest absolute Gasteiger partial charge is 0.250 e. The summed E-state index contributed by atoms with van der Waals surface area (Å²) in [5.41, 5.74) is 0.758. The predicted octanol–water partition coefficient (Wildman–Crippen LogP) is 3.25. The summed E-state index contributed by atoms with van der Waals surface area (Å²) >= 11 is 0. The normalized spacial score (nSPS) is 21.4. The summed E-state index contributed by atoms with van der Waals surface area (Å²) in [6, 6.07) is 10.5. The summed E-state index contributed by atoms with van der Waals surface area (Å²) in [7, 11) is 0. The molecule has 0 N–H and O–H groups in total. The van der Waals surface area contributed by atoms with E-state index in [-0.39, 0.29) is 6.67 Å². The topological polar surface area (TPSA) is 0 Å². The summed E-state index contributed by atoms with van der Waals surface area (Å²) in [4.78, 5) is 0. The number of hydrogen-bond donors (Lipinski definition) is 0. The lowest BCUT2D eigenvalue weighted by Gasteiger charge is -2.16. The van der Waals surface area contributed by atoms with E-state index in [4.69, 9.17) is 0 Å². The molecule has 0 aromatic heterocycles. The lowest BCUT2D eigenvalue weighted by atomic mass is 9.90. The molecule has 0 spiro atoms. The Balaban J connectivity index is 2.46. The van der Waals surface area contributed by atoms with Crippen molar-refractivity contribution in [1.29, 1.82) is 0 Å². The van der Waals surface area contributed by atoms with Crippen LogP contribution in [0.4, 0.5) is 4.39 Å². The number of allylic oxidation sites excluding steroid dienone is 2. The fourth-order valence-electron chi connectivity index (χ4n) is 2.76. The minimum atomic E-state index is -0.503. The van der Waals surface area contributed by atoms with Gasteiger partial charge in [0.15, 0.2) is 0 Å². The lowest BCUT2D eigenvalue weighted by Crippen LogP contribution is -2.29. The van der Waals surface area contributed by atoms with Gasteiger partial charge in [-0.3, -0.25) is 0 Å². The SMILES string of the molecule is Cc1c2c(cc3ccccc13)=CC(C)(CF)C=CC=2. The van der Waals surface area contributed by atoms with E-state index in [9.17, 15) is 4.39 Å². The smallest absolute Gasteiger partial charge is 0.102 e. The highest BCUT2D eigenvalue weighted by molar-refractivity contribution is 5.86. The van der Waals surface area contributed by atoms with Crippen molar-refractivity contribution in [1.82, 2.24) is 0 Å². The molecule has 0 heterocycles. The van der Waals surface area contributed by atoms with Gasteiger partial charge in [0, 0.05) is 5.41 Å². The maximum Gasteiger partial charge on any atom is 0.102 e. The van der Waals surface area contributed by atoms with Crippen LogP contribution in [0.15, 0.2) is 42.5 Å². The van der Waals surface area contributed by atoms with E-state index in [2.05, 4.69) is 37.3 Å². The Labute approximate surface area is 112 Å². The van der Waals surface area contributed by atoms with Crippen molar-refractivity contribution >= 4 is 22.9 Å². The predicted molar refractivity (Wildman–Crippen MR) is 80.1 cm³/mol. The number of alkyl halides is 1. The van der Waals surface area contributed by atoms with E-state index in [0.29, 0.717) is 0 Å². The second-order valence-electron chi connectivity index (χ2n) is 5.54. The third kappa shape index (κ3) is 1.99. The Morgan fingerprint density at radius 1 is 1.21 bits per heavy atom. The average Bonchev–Trinajstić information content (AvgIpc) is 2.58. The molecule has 1 unspecified atom stereocenters. The zero-order chi connectivity index (χ0) is 13.5. The molecule has 1 aliphatic carbocycles. The molecule has 0 aliphatic heterocycles. The standard InChI is InChI=1S/C18H17F/c1-13-16-7-4-3-6-14(16)10-15-11-18(2,12-19)9-5-8-17(13)15/h3-11H,12H2,1-2H3. The maximum absolute atomic E-state index is 13.3. The first-order chi connectivity index (χ1) is 9.13. The van der Waals surface area contributed by atoms with Gasteiger partial charge in [0.25, 0.3) is 0 Å². The number of rotatable bonds is 1. The monoisotopic (exact) mass is 252 g/mol. The second kappa shape index (κ2) is 4.34. The average molecular weight is 252 g/mol. The molecule has 0 nitrogen and oxygen atoms in total. The van der Waals surface area contributed by atoms with E-state index in [1.54, 1.807) is 0 Å². The Kier molecular flexibility index (Phi) is 2.78. The lowest BCUT2D eigenvalue weighted by molar-refractivity contribution is 0.375. The maximum atomic E-state index is 13.3. The first-order valence-corrected chi connectivity index (χ1v) is 6.60. The minimum absolute atomic E-state index is 0.372. The van der Waals surface area contributed by atoms with Crippen LogP contribution in [0.25, 0.3) is 22.9 Å². The summed E-state index contributed by atoms with van der Waals surface area (Å²) in [5, 5.41) is 4.81. The van der Waals surface area contributed by atoms with Crippen LogP contribution < -0.4 is 10.4 Å².